The maximum Gasteiger partial charge on any atom is 0.226 e. The highest BCUT2D eigenvalue weighted by Crippen LogP contribution is 2.25. The van der Waals surface area contributed by atoms with E-state index in [2.05, 4.69) is 5.32 Å². The number of hydrogen-bond donors (Lipinski definition) is 2. The molecule has 2 heterocycles. The molecule has 0 aliphatic carbocycles. The lowest BCUT2D eigenvalue weighted by molar-refractivity contribution is -0.132. The molecule has 0 radical (unpaired) electrons. The number of amides is 1. The van der Waals surface area contributed by atoms with E-state index in [-0.39, 0.29) is 11.7 Å². The number of likely N-dealkylation sites (tertiary alicyclic amines) is 1. The zero-order valence-electron chi connectivity index (χ0n) is 12.4. The predicted molar refractivity (Wildman–Crippen MR) is 82.1 cm³/mol. The third-order valence-electron chi connectivity index (χ3n) is 4.77. The molecule has 4 heteroatoms. The molecule has 21 heavy (non-hydrogen) atoms. The molecule has 2 fully saturated rings. The van der Waals surface area contributed by atoms with Gasteiger partial charge in [-0.25, -0.2) is 0 Å². The molecular formula is C17H24N2O2. The Bertz CT molecular complexity index is 480. The van der Waals surface area contributed by atoms with Gasteiger partial charge in [-0.1, -0.05) is 12.1 Å². The van der Waals surface area contributed by atoms with Gasteiger partial charge in [0.25, 0.3) is 0 Å². The lowest BCUT2D eigenvalue weighted by atomic mass is 9.89. The van der Waals surface area contributed by atoms with Crippen molar-refractivity contribution in [3.8, 4) is 5.75 Å². The fraction of sp³-hybridized carbons (Fsp3) is 0.588. The smallest absolute Gasteiger partial charge is 0.226 e. The summed E-state index contributed by atoms with van der Waals surface area (Å²) in [6, 6.07) is 7.54. The van der Waals surface area contributed by atoms with Crippen LogP contribution in [-0.4, -0.2) is 41.6 Å². The molecule has 0 spiro atoms. The molecule has 0 bridgehead atoms. The Morgan fingerprint density at radius 1 is 1.24 bits per heavy atom. The number of phenolic OH excluding ortho intramolecular Hbond substituents is 1. The lowest BCUT2D eigenvalue weighted by Crippen LogP contribution is -2.46. The summed E-state index contributed by atoms with van der Waals surface area (Å²) in [5.74, 6) is 1.07. The first kappa shape index (κ1) is 14.4. The molecule has 2 N–H and O–H groups in total. The van der Waals surface area contributed by atoms with E-state index in [1.54, 1.807) is 12.1 Å². The van der Waals surface area contributed by atoms with Crippen LogP contribution in [0.4, 0.5) is 0 Å². The Balaban J connectivity index is 1.57. The first-order valence-electron chi connectivity index (χ1n) is 8.01. The van der Waals surface area contributed by atoms with Crippen molar-refractivity contribution >= 4 is 5.91 Å². The summed E-state index contributed by atoms with van der Waals surface area (Å²) in [6.07, 6.45) is 5.31. The van der Waals surface area contributed by atoms with Crippen LogP contribution in [0.5, 0.6) is 5.75 Å². The van der Waals surface area contributed by atoms with Gasteiger partial charge in [0.05, 0.1) is 6.42 Å². The number of carbonyl (C=O) groups is 1. The Morgan fingerprint density at radius 2 is 2.05 bits per heavy atom. The molecule has 114 valence electrons. The Kier molecular flexibility index (Phi) is 4.44. The number of phenols is 1. The molecular weight excluding hydrogens is 264 g/mol. The number of benzene rings is 1. The van der Waals surface area contributed by atoms with Crippen LogP contribution < -0.4 is 5.32 Å². The monoisotopic (exact) mass is 288 g/mol. The van der Waals surface area contributed by atoms with Crippen molar-refractivity contribution in [2.24, 2.45) is 5.92 Å². The van der Waals surface area contributed by atoms with Crippen molar-refractivity contribution < 1.29 is 9.90 Å². The number of piperidine rings is 1. The molecule has 3 rings (SSSR count). The van der Waals surface area contributed by atoms with E-state index >= 15 is 0 Å². The van der Waals surface area contributed by atoms with Crippen LogP contribution in [0.25, 0.3) is 0 Å². The largest absolute Gasteiger partial charge is 0.508 e. The normalized spacial score (nSPS) is 26.0. The summed E-state index contributed by atoms with van der Waals surface area (Å²) in [5, 5.41) is 12.9. The van der Waals surface area contributed by atoms with Crippen LogP contribution in [-0.2, 0) is 11.2 Å². The summed E-state index contributed by atoms with van der Waals surface area (Å²) in [6.45, 7) is 2.91. The Labute approximate surface area is 126 Å². The molecule has 2 saturated heterocycles. The number of nitrogens with zero attached hydrogens (tertiary/aromatic N) is 1. The number of hydrogen-bond acceptors (Lipinski definition) is 3. The molecule has 2 aliphatic heterocycles. The summed E-state index contributed by atoms with van der Waals surface area (Å²) in [7, 11) is 0. The molecule has 4 nitrogen and oxygen atoms in total. The zero-order valence-corrected chi connectivity index (χ0v) is 12.4. The quantitative estimate of drug-likeness (QED) is 0.893. The number of nitrogens with one attached hydrogen (secondary N) is 1. The third-order valence-corrected chi connectivity index (χ3v) is 4.77. The number of carbonyl (C=O) groups excluding carboxylic acids is 1. The molecule has 1 aromatic rings. The van der Waals surface area contributed by atoms with E-state index in [1.165, 1.54) is 19.3 Å². The second-order valence-electron chi connectivity index (χ2n) is 6.29. The average molecular weight is 288 g/mol. The van der Waals surface area contributed by atoms with Crippen LogP contribution >= 0.6 is 0 Å². The van der Waals surface area contributed by atoms with Crippen molar-refractivity contribution in [3.05, 3.63) is 29.8 Å². The summed E-state index contributed by atoms with van der Waals surface area (Å²) in [4.78, 5) is 14.5. The Morgan fingerprint density at radius 3 is 2.76 bits per heavy atom. The topological polar surface area (TPSA) is 52.6 Å². The molecule has 1 aromatic carbocycles. The van der Waals surface area contributed by atoms with Gasteiger partial charge in [-0.2, -0.15) is 0 Å². The van der Waals surface area contributed by atoms with E-state index < -0.39 is 0 Å². The maximum absolute atomic E-state index is 12.5. The fourth-order valence-corrected chi connectivity index (χ4v) is 3.58. The van der Waals surface area contributed by atoms with Crippen molar-refractivity contribution in [2.45, 2.75) is 38.1 Å². The van der Waals surface area contributed by atoms with E-state index in [1.807, 2.05) is 17.0 Å². The number of aromatic hydroxyl groups is 1. The van der Waals surface area contributed by atoms with Gasteiger partial charge in [0, 0.05) is 19.1 Å². The summed E-state index contributed by atoms with van der Waals surface area (Å²) in [5.41, 5.74) is 0.971. The van der Waals surface area contributed by atoms with Gasteiger partial charge >= 0.3 is 0 Å². The van der Waals surface area contributed by atoms with Gasteiger partial charge in [0.1, 0.15) is 5.75 Å². The minimum atomic E-state index is 0.211. The molecule has 2 atom stereocenters. The van der Waals surface area contributed by atoms with Gasteiger partial charge in [-0.05, 0) is 55.8 Å². The summed E-state index contributed by atoms with van der Waals surface area (Å²) >= 11 is 0. The van der Waals surface area contributed by atoms with Gasteiger partial charge in [0.15, 0.2) is 0 Å². The van der Waals surface area contributed by atoms with Crippen LogP contribution in [0.3, 0.4) is 0 Å². The molecule has 0 saturated carbocycles. The van der Waals surface area contributed by atoms with Crippen LogP contribution in [0.15, 0.2) is 24.3 Å². The highest BCUT2D eigenvalue weighted by atomic mass is 16.3. The highest BCUT2D eigenvalue weighted by Gasteiger charge is 2.30. The standard InChI is InChI=1S/C17H24N2O2/c20-15-7-5-13(6-8-15)11-17(21)19-10-2-3-14(12-19)16-4-1-9-18-16/h5-8,14,16,18,20H,1-4,9-12H2. The third kappa shape index (κ3) is 3.56. The SMILES string of the molecule is O=C(Cc1ccc(O)cc1)N1CCCC(C2CCCN2)C1. The minimum absolute atomic E-state index is 0.211. The van der Waals surface area contributed by atoms with Crippen LogP contribution in [0.2, 0.25) is 0 Å². The zero-order chi connectivity index (χ0) is 14.7. The minimum Gasteiger partial charge on any atom is -0.508 e. The Hall–Kier alpha value is -1.55. The van der Waals surface area contributed by atoms with E-state index in [4.69, 9.17) is 0 Å². The molecule has 2 unspecified atom stereocenters. The van der Waals surface area contributed by atoms with Crippen molar-refractivity contribution in [2.75, 3.05) is 19.6 Å². The first-order valence-corrected chi connectivity index (χ1v) is 8.01. The fourth-order valence-electron chi connectivity index (χ4n) is 3.58. The van der Waals surface area contributed by atoms with E-state index in [0.717, 1.165) is 31.6 Å². The van der Waals surface area contributed by atoms with Crippen molar-refractivity contribution in [1.29, 1.82) is 0 Å². The van der Waals surface area contributed by atoms with Gasteiger partial charge < -0.3 is 15.3 Å². The molecule has 0 aromatic heterocycles. The molecule has 2 aliphatic rings. The van der Waals surface area contributed by atoms with Crippen molar-refractivity contribution in [3.63, 3.8) is 0 Å². The van der Waals surface area contributed by atoms with Gasteiger partial charge in [-0.15, -0.1) is 0 Å². The predicted octanol–water partition coefficient (Wildman–Crippen LogP) is 1.93. The molecule has 1 amide bonds. The van der Waals surface area contributed by atoms with Crippen molar-refractivity contribution in [1.82, 2.24) is 10.2 Å². The second-order valence-corrected chi connectivity index (χ2v) is 6.29. The van der Waals surface area contributed by atoms with E-state index in [0.29, 0.717) is 18.4 Å². The first-order chi connectivity index (χ1) is 10.2. The second kappa shape index (κ2) is 6.48. The summed E-state index contributed by atoms with van der Waals surface area (Å²) < 4.78 is 0. The van der Waals surface area contributed by atoms with Gasteiger partial charge in [-0.3, -0.25) is 4.79 Å². The average Bonchev–Trinajstić information content (AvgIpc) is 3.04. The van der Waals surface area contributed by atoms with E-state index in [9.17, 15) is 9.90 Å². The van der Waals surface area contributed by atoms with Crippen LogP contribution in [0.1, 0.15) is 31.2 Å². The van der Waals surface area contributed by atoms with Crippen LogP contribution in [0, 0.1) is 5.92 Å². The lowest BCUT2D eigenvalue weighted by Gasteiger charge is -2.36. The number of rotatable bonds is 3. The maximum atomic E-state index is 12.5. The highest BCUT2D eigenvalue weighted by molar-refractivity contribution is 5.78. The van der Waals surface area contributed by atoms with Gasteiger partial charge in [0.2, 0.25) is 5.91 Å².